The Hall–Kier alpha value is -1.75. The lowest BCUT2D eigenvalue weighted by atomic mass is 9.90. The van der Waals surface area contributed by atoms with E-state index in [0.29, 0.717) is 5.75 Å². The summed E-state index contributed by atoms with van der Waals surface area (Å²) in [6.07, 6.45) is 4.65. The van der Waals surface area contributed by atoms with Crippen LogP contribution in [0, 0.1) is 13.8 Å². The molecular weight excluding hydrogens is 308 g/mol. The van der Waals surface area contributed by atoms with Gasteiger partial charge in [-0.2, -0.15) is 0 Å². The zero-order valence-electron chi connectivity index (χ0n) is 13.6. The van der Waals surface area contributed by atoms with E-state index in [1.54, 1.807) is 11.8 Å². The molecular formula is C18H22N2O2S. The molecule has 5 heteroatoms. The molecule has 1 heterocycles. The third-order valence-electron chi connectivity index (χ3n) is 4.33. The molecule has 0 atom stereocenters. The first-order chi connectivity index (χ1) is 11.1. The first-order valence-corrected chi connectivity index (χ1v) is 9.20. The summed E-state index contributed by atoms with van der Waals surface area (Å²) in [6.45, 7) is 3.84. The second kappa shape index (κ2) is 7.21. The van der Waals surface area contributed by atoms with E-state index >= 15 is 0 Å². The number of benzene rings is 1. The van der Waals surface area contributed by atoms with Gasteiger partial charge in [0.15, 0.2) is 0 Å². The van der Waals surface area contributed by atoms with Crippen LogP contribution in [-0.4, -0.2) is 16.8 Å². The van der Waals surface area contributed by atoms with Crippen LogP contribution >= 0.6 is 11.8 Å². The summed E-state index contributed by atoms with van der Waals surface area (Å²) in [4.78, 5) is 12.2. The summed E-state index contributed by atoms with van der Waals surface area (Å²) >= 11 is 1.59. The van der Waals surface area contributed by atoms with E-state index in [1.807, 2.05) is 26.0 Å². The third kappa shape index (κ3) is 3.78. The van der Waals surface area contributed by atoms with E-state index in [0.717, 1.165) is 41.3 Å². The van der Waals surface area contributed by atoms with Gasteiger partial charge in [-0.3, -0.25) is 4.79 Å². The number of rotatable bonds is 5. The molecule has 0 fully saturated rings. The summed E-state index contributed by atoms with van der Waals surface area (Å²) in [6, 6.07) is 6.23. The van der Waals surface area contributed by atoms with Gasteiger partial charge in [0.05, 0.1) is 11.4 Å². The average molecular weight is 330 g/mol. The molecule has 1 aromatic carbocycles. The molecule has 0 saturated heterocycles. The van der Waals surface area contributed by atoms with E-state index in [1.165, 1.54) is 24.0 Å². The predicted molar refractivity (Wildman–Crippen MR) is 93.9 cm³/mol. The Morgan fingerprint density at radius 1 is 1.30 bits per heavy atom. The maximum absolute atomic E-state index is 12.2. The van der Waals surface area contributed by atoms with E-state index < -0.39 is 0 Å². The molecule has 1 aromatic heterocycles. The predicted octanol–water partition coefficient (Wildman–Crippen LogP) is 4.04. The Balaban J connectivity index is 1.56. The van der Waals surface area contributed by atoms with Gasteiger partial charge in [-0.1, -0.05) is 17.3 Å². The minimum atomic E-state index is 0.0562. The SMILES string of the molecule is Cc1noc(C)c1CSCC(=O)Nc1cccc2c1CCCC2. The van der Waals surface area contributed by atoms with Gasteiger partial charge >= 0.3 is 0 Å². The molecule has 122 valence electrons. The average Bonchev–Trinajstić information content (AvgIpc) is 2.87. The van der Waals surface area contributed by atoms with Crippen molar-refractivity contribution in [2.75, 3.05) is 11.1 Å². The number of aryl methyl sites for hydroxylation is 3. The first-order valence-electron chi connectivity index (χ1n) is 8.05. The summed E-state index contributed by atoms with van der Waals surface area (Å²) in [5.41, 5.74) is 5.71. The van der Waals surface area contributed by atoms with Crippen molar-refractivity contribution in [2.45, 2.75) is 45.3 Å². The molecule has 0 spiro atoms. The van der Waals surface area contributed by atoms with Crippen LogP contribution in [0.25, 0.3) is 0 Å². The van der Waals surface area contributed by atoms with Gasteiger partial charge in [0.1, 0.15) is 5.76 Å². The van der Waals surface area contributed by atoms with E-state index in [-0.39, 0.29) is 5.91 Å². The van der Waals surface area contributed by atoms with E-state index in [4.69, 9.17) is 4.52 Å². The maximum Gasteiger partial charge on any atom is 0.234 e. The highest BCUT2D eigenvalue weighted by molar-refractivity contribution is 7.99. The van der Waals surface area contributed by atoms with E-state index in [9.17, 15) is 4.79 Å². The summed E-state index contributed by atoms with van der Waals surface area (Å²) in [5.74, 6) is 2.09. The number of carbonyl (C=O) groups excluding carboxylic acids is 1. The Kier molecular flexibility index (Phi) is 5.06. The lowest BCUT2D eigenvalue weighted by molar-refractivity contribution is -0.113. The topological polar surface area (TPSA) is 55.1 Å². The molecule has 23 heavy (non-hydrogen) atoms. The fraction of sp³-hybridized carbons (Fsp3) is 0.444. The molecule has 4 nitrogen and oxygen atoms in total. The number of amides is 1. The van der Waals surface area contributed by atoms with Crippen LogP contribution in [0.4, 0.5) is 5.69 Å². The Morgan fingerprint density at radius 3 is 2.91 bits per heavy atom. The molecule has 0 radical (unpaired) electrons. The smallest absolute Gasteiger partial charge is 0.234 e. The standard InChI is InChI=1S/C18H22N2O2S/c1-12-16(13(2)22-20-12)10-23-11-18(21)19-17-9-5-7-14-6-3-4-8-15(14)17/h5,7,9H,3-4,6,8,10-11H2,1-2H3,(H,19,21). The van der Waals surface area contributed by atoms with Gasteiger partial charge < -0.3 is 9.84 Å². The van der Waals surface area contributed by atoms with E-state index in [2.05, 4.69) is 16.5 Å². The normalized spacial score (nSPS) is 13.7. The van der Waals surface area contributed by atoms with Crippen LogP contribution in [-0.2, 0) is 23.4 Å². The third-order valence-corrected chi connectivity index (χ3v) is 5.29. The highest BCUT2D eigenvalue weighted by Crippen LogP contribution is 2.28. The molecule has 0 aliphatic heterocycles. The van der Waals surface area contributed by atoms with Crippen molar-refractivity contribution in [3.63, 3.8) is 0 Å². The van der Waals surface area contributed by atoms with Crippen molar-refractivity contribution in [2.24, 2.45) is 0 Å². The fourth-order valence-corrected chi connectivity index (χ4v) is 4.01. The van der Waals surface area contributed by atoms with Crippen molar-refractivity contribution in [3.8, 4) is 0 Å². The lowest BCUT2D eigenvalue weighted by Crippen LogP contribution is -2.17. The van der Waals surface area contributed by atoms with Crippen LogP contribution in [0.3, 0.4) is 0 Å². The summed E-state index contributed by atoms with van der Waals surface area (Å²) in [5, 5.41) is 7.02. The molecule has 2 aromatic rings. The minimum Gasteiger partial charge on any atom is -0.361 e. The van der Waals surface area contributed by atoms with Gasteiger partial charge in [-0.15, -0.1) is 11.8 Å². The van der Waals surface area contributed by atoms with Crippen molar-refractivity contribution in [3.05, 3.63) is 46.3 Å². The van der Waals surface area contributed by atoms with Crippen LogP contribution in [0.5, 0.6) is 0 Å². The zero-order chi connectivity index (χ0) is 16.2. The summed E-state index contributed by atoms with van der Waals surface area (Å²) < 4.78 is 5.15. The largest absolute Gasteiger partial charge is 0.361 e. The Morgan fingerprint density at radius 2 is 2.13 bits per heavy atom. The number of nitrogens with one attached hydrogen (secondary N) is 1. The molecule has 1 N–H and O–H groups in total. The van der Waals surface area contributed by atoms with Crippen molar-refractivity contribution < 1.29 is 9.32 Å². The fourth-order valence-electron chi connectivity index (χ4n) is 3.04. The number of hydrogen-bond acceptors (Lipinski definition) is 4. The number of carbonyl (C=O) groups is 1. The van der Waals surface area contributed by atoms with Gasteiger partial charge in [0, 0.05) is 17.0 Å². The van der Waals surface area contributed by atoms with Crippen LogP contribution in [0.1, 0.15) is 41.0 Å². The van der Waals surface area contributed by atoms with Gasteiger partial charge in [0.2, 0.25) is 5.91 Å². The molecule has 0 unspecified atom stereocenters. The number of nitrogens with zero attached hydrogens (tertiary/aromatic N) is 1. The second-order valence-corrected chi connectivity index (χ2v) is 6.98. The quantitative estimate of drug-likeness (QED) is 0.899. The molecule has 3 rings (SSSR count). The number of anilines is 1. The van der Waals surface area contributed by atoms with Crippen LogP contribution in [0.2, 0.25) is 0 Å². The molecule has 1 aliphatic rings. The molecule has 1 aliphatic carbocycles. The highest BCUT2D eigenvalue weighted by atomic mass is 32.2. The van der Waals surface area contributed by atoms with Gasteiger partial charge in [-0.25, -0.2) is 0 Å². The first kappa shape index (κ1) is 16.1. The van der Waals surface area contributed by atoms with Gasteiger partial charge in [-0.05, 0) is 56.7 Å². The monoisotopic (exact) mass is 330 g/mol. The number of thioether (sulfide) groups is 1. The van der Waals surface area contributed by atoms with Crippen LogP contribution < -0.4 is 5.32 Å². The zero-order valence-corrected chi connectivity index (χ0v) is 14.5. The molecule has 0 saturated carbocycles. The Labute approximate surface area is 141 Å². The number of fused-ring (bicyclic) bond motifs is 1. The minimum absolute atomic E-state index is 0.0562. The number of hydrogen-bond donors (Lipinski definition) is 1. The second-order valence-electron chi connectivity index (χ2n) is 5.99. The highest BCUT2D eigenvalue weighted by Gasteiger charge is 2.15. The van der Waals surface area contributed by atoms with Crippen LogP contribution in [0.15, 0.2) is 22.7 Å². The number of aromatic nitrogens is 1. The van der Waals surface area contributed by atoms with Crippen molar-refractivity contribution in [1.29, 1.82) is 0 Å². The van der Waals surface area contributed by atoms with Crippen molar-refractivity contribution >= 4 is 23.4 Å². The summed E-state index contributed by atoms with van der Waals surface area (Å²) in [7, 11) is 0. The lowest BCUT2D eigenvalue weighted by Gasteiger charge is -2.19. The maximum atomic E-state index is 12.2. The molecule has 1 amide bonds. The van der Waals surface area contributed by atoms with Crippen molar-refractivity contribution in [1.82, 2.24) is 5.16 Å². The molecule has 0 bridgehead atoms. The Bertz CT molecular complexity index is 690. The van der Waals surface area contributed by atoms with Gasteiger partial charge in [0.25, 0.3) is 0 Å².